The van der Waals surface area contributed by atoms with Crippen LogP contribution in [0.1, 0.15) is 24.2 Å². The number of nitro benzene ring substituents is 1. The van der Waals surface area contributed by atoms with Crippen molar-refractivity contribution in [2.24, 2.45) is 5.92 Å². The molecule has 0 aliphatic carbocycles. The molecular weight excluding hydrogens is 338 g/mol. The minimum absolute atomic E-state index is 0.164. The Morgan fingerprint density at radius 3 is 2.46 bits per heavy atom. The summed E-state index contributed by atoms with van der Waals surface area (Å²) < 4.78 is 5.13. The molecule has 0 fully saturated rings. The van der Waals surface area contributed by atoms with Crippen LogP contribution >= 0.6 is 0 Å². The number of anilines is 2. The summed E-state index contributed by atoms with van der Waals surface area (Å²) in [6.45, 7) is 3.53. The molecule has 2 aromatic carbocycles. The number of nitrogens with one attached hydrogen (secondary N) is 2. The minimum Gasteiger partial charge on any atom is -0.495 e. The van der Waals surface area contributed by atoms with E-state index in [4.69, 9.17) is 4.74 Å². The quantitative estimate of drug-likeness (QED) is 0.608. The number of carbonyl (C=O) groups is 2. The molecule has 0 aliphatic rings. The van der Waals surface area contributed by atoms with Crippen LogP contribution in [0.2, 0.25) is 0 Å². The fraction of sp³-hybridized carbons (Fsp3) is 0.222. The topological polar surface area (TPSA) is 111 Å². The molecule has 2 rings (SSSR count). The molecule has 0 bridgehead atoms. The molecule has 2 aromatic rings. The molecule has 2 N–H and O–H groups in total. The normalized spacial score (nSPS) is 10.3. The van der Waals surface area contributed by atoms with Crippen molar-refractivity contribution in [2.45, 2.75) is 13.8 Å². The molecule has 0 aromatic heterocycles. The molecule has 0 heterocycles. The lowest BCUT2D eigenvalue weighted by Gasteiger charge is -2.11. The number of nitrogens with zero attached hydrogens (tertiary/aromatic N) is 1. The van der Waals surface area contributed by atoms with Crippen molar-refractivity contribution in [1.82, 2.24) is 0 Å². The van der Waals surface area contributed by atoms with Gasteiger partial charge >= 0.3 is 0 Å². The molecule has 8 nitrogen and oxygen atoms in total. The van der Waals surface area contributed by atoms with Gasteiger partial charge in [0.25, 0.3) is 11.6 Å². The summed E-state index contributed by atoms with van der Waals surface area (Å²) in [5, 5.41) is 16.2. The van der Waals surface area contributed by atoms with E-state index in [1.165, 1.54) is 31.4 Å². The van der Waals surface area contributed by atoms with Crippen LogP contribution in [0.25, 0.3) is 0 Å². The van der Waals surface area contributed by atoms with Crippen LogP contribution in [0.4, 0.5) is 17.1 Å². The van der Waals surface area contributed by atoms with Gasteiger partial charge in [-0.05, 0) is 24.3 Å². The molecule has 26 heavy (non-hydrogen) atoms. The fourth-order valence-corrected chi connectivity index (χ4v) is 2.13. The Hall–Kier alpha value is -3.42. The number of hydrogen-bond donors (Lipinski definition) is 2. The summed E-state index contributed by atoms with van der Waals surface area (Å²) in [5.41, 5.74) is 0.796. The Morgan fingerprint density at radius 2 is 1.85 bits per heavy atom. The minimum atomic E-state index is -0.558. The van der Waals surface area contributed by atoms with Gasteiger partial charge in [-0.3, -0.25) is 19.7 Å². The largest absolute Gasteiger partial charge is 0.495 e. The van der Waals surface area contributed by atoms with Crippen LogP contribution in [-0.2, 0) is 4.79 Å². The first kappa shape index (κ1) is 18.9. The smallest absolute Gasteiger partial charge is 0.271 e. The Morgan fingerprint density at radius 1 is 1.12 bits per heavy atom. The van der Waals surface area contributed by atoms with E-state index in [0.29, 0.717) is 17.0 Å². The van der Waals surface area contributed by atoms with Crippen LogP contribution in [0.5, 0.6) is 5.75 Å². The van der Waals surface area contributed by atoms with Crippen molar-refractivity contribution in [2.75, 3.05) is 17.7 Å². The molecule has 136 valence electrons. The first-order valence-electron chi connectivity index (χ1n) is 7.86. The van der Waals surface area contributed by atoms with Crippen LogP contribution in [0.15, 0.2) is 42.5 Å². The molecule has 0 spiro atoms. The van der Waals surface area contributed by atoms with Crippen molar-refractivity contribution in [1.29, 1.82) is 0 Å². The number of amides is 2. The molecule has 8 heteroatoms. The standard InChI is InChI=1S/C18H19N3O5/c1-11(2)17(22)19-13-6-4-5-12(9-13)18(23)20-15-10-14(21(24)25)7-8-16(15)26-3/h4-11H,1-3H3,(H,19,22)(H,20,23). The van der Waals surface area contributed by atoms with Gasteiger partial charge in [-0.2, -0.15) is 0 Å². The van der Waals surface area contributed by atoms with Gasteiger partial charge in [0.1, 0.15) is 5.75 Å². The maximum absolute atomic E-state index is 12.5. The van der Waals surface area contributed by atoms with Crippen molar-refractivity contribution in [3.05, 3.63) is 58.1 Å². The lowest BCUT2D eigenvalue weighted by atomic mass is 10.1. The number of carbonyl (C=O) groups excluding carboxylic acids is 2. The lowest BCUT2D eigenvalue weighted by Crippen LogP contribution is -2.18. The van der Waals surface area contributed by atoms with Gasteiger partial charge in [0, 0.05) is 29.3 Å². The molecular formula is C18H19N3O5. The average Bonchev–Trinajstić information content (AvgIpc) is 2.61. The van der Waals surface area contributed by atoms with Gasteiger partial charge in [-0.25, -0.2) is 0 Å². The van der Waals surface area contributed by atoms with E-state index in [9.17, 15) is 19.7 Å². The van der Waals surface area contributed by atoms with Crippen LogP contribution in [0.3, 0.4) is 0 Å². The van der Waals surface area contributed by atoms with E-state index in [2.05, 4.69) is 10.6 Å². The first-order chi connectivity index (χ1) is 12.3. The van der Waals surface area contributed by atoms with E-state index in [0.717, 1.165) is 0 Å². The van der Waals surface area contributed by atoms with Crippen molar-refractivity contribution in [3.63, 3.8) is 0 Å². The molecule has 0 aliphatic heterocycles. The second-order valence-corrected chi connectivity index (χ2v) is 5.82. The van der Waals surface area contributed by atoms with Gasteiger partial charge in [0.15, 0.2) is 0 Å². The molecule has 0 saturated carbocycles. The van der Waals surface area contributed by atoms with Crippen molar-refractivity contribution >= 4 is 28.9 Å². The van der Waals surface area contributed by atoms with E-state index in [-0.39, 0.29) is 23.2 Å². The number of ether oxygens (including phenoxy) is 1. The highest BCUT2D eigenvalue weighted by Gasteiger charge is 2.15. The maximum atomic E-state index is 12.5. The SMILES string of the molecule is COc1ccc([N+](=O)[O-])cc1NC(=O)c1cccc(NC(=O)C(C)C)c1. The van der Waals surface area contributed by atoms with Crippen molar-refractivity contribution < 1.29 is 19.2 Å². The Balaban J connectivity index is 2.24. The lowest BCUT2D eigenvalue weighted by molar-refractivity contribution is -0.384. The second kappa shape index (κ2) is 8.11. The Labute approximate surface area is 150 Å². The third kappa shape index (κ3) is 4.56. The van der Waals surface area contributed by atoms with E-state index >= 15 is 0 Å². The highest BCUT2D eigenvalue weighted by Crippen LogP contribution is 2.29. The number of hydrogen-bond acceptors (Lipinski definition) is 5. The number of non-ortho nitro benzene ring substituents is 1. The second-order valence-electron chi connectivity index (χ2n) is 5.82. The van der Waals surface area contributed by atoms with Gasteiger partial charge in [0.2, 0.25) is 5.91 Å². The van der Waals surface area contributed by atoms with E-state index in [1.54, 1.807) is 32.0 Å². The predicted octanol–water partition coefficient (Wildman–Crippen LogP) is 3.45. The van der Waals surface area contributed by atoms with Gasteiger partial charge in [0.05, 0.1) is 17.7 Å². The molecule has 0 saturated heterocycles. The average molecular weight is 357 g/mol. The highest BCUT2D eigenvalue weighted by atomic mass is 16.6. The van der Waals surface area contributed by atoms with Crippen LogP contribution in [0, 0.1) is 16.0 Å². The zero-order chi connectivity index (χ0) is 19.3. The zero-order valence-corrected chi connectivity index (χ0v) is 14.6. The number of nitro groups is 1. The third-order valence-electron chi connectivity index (χ3n) is 3.56. The maximum Gasteiger partial charge on any atom is 0.271 e. The summed E-state index contributed by atoms with van der Waals surface area (Å²) in [6.07, 6.45) is 0. The number of benzene rings is 2. The summed E-state index contributed by atoms with van der Waals surface area (Å²) in [5.74, 6) is -0.540. The number of methoxy groups -OCH3 is 1. The summed E-state index contributed by atoms with van der Waals surface area (Å²) >= 11 is 0. The molecule has 0 unspecified atom stereocenters. The van der Waals surface area contributed by atoms with E-state index in [1.807, 2.05) is 0 Å². The van der Waals surface area contributed by atoms with Crippen LogP contribution in [-0.4, -0.2) is 23.8 Å². The third-order valence-corrected chi connectivity index (χ3v) is 3.56. The fourth-order valence-electron chi connectivity index (χ4n) is 2.13. The summed E-state index contributed by atoms with van der Waals surface area (Å²) in [4.78, 5) is 34.6. The van der Waals surface area contributed by atoms with Gasteiger partial charge in [-0.15, -0.1) is 0 Å². The summed E-state index contributed by atoms with van der Waals surface area (Å²) in [6, 6.07) is 10.3. The number of rotatable bonds is 6. The van der Waals surface area contributed by atoms with Gasteiger partial charge < -0.3 is 15.4 Å². The van der Waals surface area contributed by atoms with Crippen LogP contribution < -0.4 is 15.4 Å². The zero-order valence-electron chi connectivity index (χ0n) is 14.6. The summed E-state index contributed by atoms with van der Waals surface area (Å²) in [7, 11) is 1.40. The Bertz CT molecular complexity index is 848. The Kier molecular flexibility index (Phi) is 5.90. The molecule has 0 radical (unpaired) electrons. The monoisotopic (exact) mass is 357 g/mol. The predicted molar refractivity (Wildman–Crippen MR) is 97.5 cm³/mol. The van der Waals surface area contributed by atoms with Crippen molar-refractivity contribution in [3.8, 4) is 5.75 Å². The van der Waals surface area contributed by atoms with E-state index < -0.39 is 10.8 Å². The van der Waals surface area contributed by atoms with Gasteiger partial charge in [-0.1, -0.05) is 19.9 Å². The molecule has 0 atom stereocenters. The highest BCUT2D eigenvalue weighted by molar-refractivity contribution is 6.06. The molecule has 2 amide bonds. The first-order valence-corrected chi connectivity index (χ1v) is 7.86.